The van der Waals surface area contributed by atoms with E-state index >= 15 is 0 Å². The number of unbranched alkanes of at least 4 members (excludes halogenated alkanes) is 3. The van der Waals surface area contributed by atoms with Crippen LogP contribution in [0, 0.1) is 10.1 Å². The molecule has 0 spiro atoms. The van der Waals surface area contributed by atoms with Crippen molar-refractivity contribution in [3.63, 3.8) is 0 Å². The Balaban J connectivity index is 2.58. The second kappa shape index (κ2) is 15.0. The van der Waals surface area contributed by atoms with Gasteiger partial charge in [0.2, 0.25) is 0 Å². The van der Waals surface area contributed by atoms with Gasteiger partial charge in [-0.25, -0.2) is 4.79 Å². The van der Waals surface area contributed by atoms with E-state index in [4.69, 9.17) is 14.2 Å². The summed E-state index contributed by atoms with van der Waals surface area (Å²) in [7, 11) is 0. The molecule has 0 heterocycles. The molecule has 1 unspecified atom stereocenters. The number of allylic oxidation sites excluding steroid dienone is 2. The van der Waals surface area contributed by atoms with Gasteiger partial charge in [-0.3, -0.25) is 14.9 Å². The van der Waals surface area contributed by atoms with Crippen LogP contribution >= 0.6 is 0 Å². The zero-order valence-corrected chi connectivity index (χ0v) is 18.6. The SMILES string of the molecule is CCCCC/C=C\CCC(CCC(=O)OC(C)C)OC(=O)Oc1ccc([N+](=O)[O-])cc1. The minimum atomic E-state index is -0.914. The number of hydrogen-bond acceptors (Lipinski definition) is 7. The monoisotopic (exact) mass is 435 g/mol. The molecule has 0 N–H and O–H groups in total. The van der Waals surface area contributed by atoms with Gasteiger partial charge in [0.25, 0.3) is 5.69 Å². The molecule has 0 aliphatic heterocycles. The van der Waals surface area contributed by atoms with Crippen molar-refractivity contribution >= 4 is 17.8 Å². The highest BCUT2D eigenvalue weighted by Crippen LogP contribution is 2.19. The lowest BCUT2D eigenvalue weighted by molar-refractivity contribution is -0.384. The Labute approximate surface area is 183 Å². The van der Waals surface area contributed by atoms with E-state index in [9.17, 15) is 19.7 Å². The number of ether oxygens (including phenoxy) is 3. The van der Waals surface area contributed by atoms with E-state index < -0.39 is 17.2 Å². The van der Waals surface area contributed by atoms with Gasteiger partial charge in [0.1, 0.15) is 11.9 Å². The summed E-state index contributed by atoms with van der Waals surface area (Å²) in [6.07, 6.45) is 8.80. The minimum absolute atomic E-state index is 0.104. The fourth-order valence-corrected chi connectivity index (χ4v) is 2.79. The molecule has 0 amide bonds. The summed E-state index contributed by atoms with van der Waals surface area (Å²) >= 11 is 0. The number of esters is 1. The number of hydrogen-bond donors (Lipinski definition) is 0. The van der Waals surface area contributed by atoms with Crippen LogP contribution < -0.4 is 4.74 Å². The van der Waals surface area contributed by atoms with Crippen LogP contribution in [0.15, 0.2) is 36.4 Å². The fourth-order valence-electron chi connectivity index (χ4n) is 2.79. The van der Waals surface area contributed by atoms with Gasteiger partial charge in [0.15, 0.2) is 0 Å². The van der Waals surface area contributed by atoms with E-state index in [0.29, 0.717) is 19.3 Å². The second-order valence-corrected chi connectivity index (χ2v) is 7.46. The summed E-state index contributed by atoms with van der Waals surface area (Å²) in [6, 6.07) is 5.14. The summed E-state index contributed by atoms with van der Waals surface area (Å²) < 4.78 is 15.6. The van der Waals surface area contributed by atoms with E-state index in [1.54, 1.807) is 13.8 Å². The first kappa shape index (κ1) is 26.1. The van der Waals surface area contributed by atoms with Gasteiger partial charge >= 0.3 is 12.1 Å². The summed E-state index contributed by atoms with van der Waals surface area (Å²) in [5.41, 5.74) is -0.104. The van der Waals surface area contributed by atoms with Crippen LogP contribution in [0.1, 0.15) is 72.1 Å². The van der Waals surface area contributed by atoms with Gasteiger partial charge in [-0.15, -0.1) is 0 Å². The summed E-state index contributed by atoms with van der Waals surface area (Å²) in [5, 5.41) is 10.7. The molecule has 172 valence electrons. The number of carbonyl (C=O) groups excluding carboxylic acids is 2. The molecule has 31 heavy (non-hydrogen) atoms. The first-order chi connectivity index (χ1) is 14.8. The third-order valence-electron chi connectivity index (χ3n) is 4.35. The van der Waals surface area contributed by atoms with E-state index in [1.807, 2.05) is 0 Å². The van der Waals surface area contributed by atoms with Crippen molar-refractivity contribution in [2.75, 3.05) is 0 Å². The van der Waals surface area contributed by atoms with Gasteiger partial charge in [-0.1, -0.05) is 31.9 Å². The fraction of sp³-hybridized carbons (Fsp3) is 0.565. The van der Waals surface area contributed by atoms with Crippen molar-refractivity contribution in [3.05, 3.63) is 46.5 Å². The Kier molecular flexibility index (Phi) is 12.6. The van der Waals surface area contributed by atoms with Crippen LogP contribution in [0.3, 0.4) is 0 Å². The molecule has 0 radical (unpaired) electrons. The van der Waals surface area contributed by atoms with Crippen LogP contribution in [0.5, 0.6) is 5.75 Å². The molecule has 8 heteroatoms. The molecule has 1 aromatic rings. The van der Waals surface area contributed by atoms with Crippen LogP contribution in [0.25, 0.3) is 0 Å². The quantitative estimate of drug-likeness (QED) is 0.0864. The number of rotatable bonds is 14. The Morgan fingerprint density at radius 1 is 1.03 bits per heavy atom. The summed E-state index contributed by atoms with van der Waals surface area (Å²) in [6.45, 7) is 5.71. The van der Waals surface area contributed by atoms with Gasteiger partial charge in [0, 0.05) is 18.6 Å². The van der Waals surface area contributed by atoms with E-state index in [1.165, 1.54) is 37.1 Å². The number of non-ortho nitro benzene ring substituents is 1. The molecule has 1 atom stereocenters. The average molecular weight is 436 g/mol. The number of nitro groups is 1. The molecule has 1 rings (SSSR count). The predicted octanol–water partition coefficient (Wildman–Crippen LogP) is 6.13. The standard InChI is InChI=1S/C23H33NO7/c1-4-5-6-7-8-9-10-11-20(16-17-22(25)29-18(2)3)30-23(26)31-21-14-12-19(13-15-21)24(27)28/h8-9,12-15,18,20H,4-7,10-11,16-17H2,1-3H3/b9-8-. The van der Waals surface area contributed by atoms with Crippen molar-refractivity contribution in [3.8, 4) is 5.75 Å². The average Bonchev–Trinajstić information content (AvgIpc) is 2.71. The number of nitro benzene ring substituents is 1. The maximum absolute atomic E-state index is 12.2. The highest BCUT2D eigenvalue weighted by Gasteiger charge is 2.18. The predicted molar refractivity (Wildman–Crippen MR) is 117 cm³/mol. The molecule has 0 fully saturated rings. The van der Waals surface area contributed by atoms with Crippen LogP contribution in [0.2, 0.25) is 0 Å². The maximum Gasteiger partial charge on any atom is 0.514 e. The Bertz CT molecular complexity index is 713. The van der Waals surface area contributed by atoms with Gasteiger partial charge in [0.05, 0.1) is 11.0 Å². The smallest absolute Gasteiger partial charge is 0.463 e. The third-order valence-corrected chi connectivity index (χ3v) is 4.35. The van der Waals surface area contributed by atoms with Crippen LogP contribution in [-0.2, 0) is 14.3 Å². The van der Waals surface area contributed by atoms with Crippen molar-refractivity contribution in [1.82, 2.24) is 0 Å². The van der Waals surface area contributed by atoms with Crippen LogP contribution in [0.4, 0.5) is 10.5 Å². The molecule has 0 saturated carbocycles. The maximum atomic E-state index is 12.2. The molecule has 0 bridgehead atoms. The lowest BCUT2D eigenvalue weighted by Gasteiger charge is -2.17. The topological polar surface area (TPSA) is 105 Å². The molecule has 0 aromatic heterocycles. The Hall–Kier alpha value is -2.90. The molecule has 0 saturated heterocycles. The number of nitrogens with zero attached hydrogens (tertiary/aromatic N) is 1. The number of benzene rings is 1. The molecule has 0 aliphatic rings. The lowest BCUT2D eigenvalue weighted by atomic mass is 10.1. The van der Waals surface area contributed by atoms with E-state index in [0.717, 1.165) is 12.8 Å². The minimum Gasteiger partial charge on any atom is -0.463 e. The van der Waals surface area contributed by atoms with Crippen LogP contribution in [-0.4, -0.2) is 29.3 Å². The highest BCUT2D eigenvalue weighted by atomic mass is 16.7. The first-order valence-corrected chi connectivity index (χ1v) is 10.8. The molecule has 8 nitrogen and oxygen atoms in total. The lowest BCUT2D eigenvalue weighted by Crippen LogP contribution is -2.22. The van der Waals surface area contributed by atoms with E-state index in [2.05, 4.69) is 19.1 Å². The molecule has 1 aromatic carbocycles. The van der Waals surface area contributed by atoms with Crippen molar-refractivity contribution < 1.29 is 28.7 Å². The van der Waals surface area contributed by atoms with Gasteiger partial charge < -0.3 is 14.2 Å². The van der Waals surface area contributed by atoms with Crippen molar-refractivity contribution in [2.45, 2.75) is 84.3 Å². The highest BCUT2D eigenvalue weighted by molar-refractivity contribution is 5.69. The third kappa shape index (κ3) is 12.4. The largest absolute Gasteiger partial charge is 0.514 e. The van der Waals surface area contributed by atoms with E-state index in [-0.39, 0.29) is 29.9 Å². The molecular formula is C23H33NO7. The zero-order valence-electron chi connectivity index (χ0n) is 18.6. The Morgan fingerprint density at radius 3 is 2.32 bits per heavy atom. The van der Waals surface area contributed by atoms with Crippen molar-refractivity contribution in [2.24, 2.45) is 0 Å². The second-order valence-electron chi connectivity index (χ2n) is 7.46. The zero-order chi connectivity index (χ0) is 23.1. The van der Waals surface area contributed by atoms with Gasteiger partial charge in [-0.2, -0.15) is 0 Å². The summed E-state index contributed by atoms with van der Waals surface area (Å²) in [5.74, 6) is -0.202. The molecule has 0 aliphatic carbocycles. The van der Waals surface area contributed by atoms with Gasteiger partial charge in [-0.05, 0) is 58.1 Å². The normalized spacial score (nSPS) is 12.0. The Morgan fingerprint density at radius 2 is 1.71 bits per heavy atom. The summed E-state index contributed by atoms with van der Waals surface area (Å²) in [4.78, 5) is 34.2. The number of carbonyl (C=O) groups is 2. The first-order valence-electron chi connectivity index (χ1n) is 10.8. The molecular weight excluding hydrogens is 402 g/mol. The van der Waals surface area contributed by atoms with Crippen molar-refractivity contribution in [1.29, 1.82) is 0 Å².